The number of carbonyl (C=O) groups is 2. The van der Waals surface area contributed by atoms with E-state index in [1.54, 1.807) is 39.8 Å². The van der Waals surface area contributed by atoms with Gasteiger partial charge >= 0.3 is 11.9 Å². The van der Waals surface area contributed by atoms with Gasteiger partial charge in [0.15, 0.2) is 0 Å². The minimum Gasteiger partial charge on any atom is -0.478 e. The van der Waals surface area contributed by atoms with Crippen molar-refractivity contribution in [2.24, 2.45) is 0 Å². The first-order valence-electron chi connectivity index (χ1n) is 5.28. The Labute approximate surface area is 100 Å². The van der Waals surface area contributed by atoms with Gasteiger partial charge in [-0.25, -0.2) is 9.59 Å². The number of aryl methyl sites for hydroxylation is 1. The molecule has 0 aliphatic rings. The molecular formula is C13H16O4. The lowest BCUT2D eigenvalue weighted by molar-refractivity contribution is 0.00650. The Kier molecular flexibility index (Phi) is 3.56. The van der Waals surface area contributed by atoms with Crippen molar-refractivity contribution in [3.8, 4) is 0 Å². The normalized spacial score (nSPS) is 11.1. The monoisotopic (exact) mass is 236 g/mol. The number of carboxylic acid groups (broad SMARTS) is 1. The molecule has 0 amide bonds. The standard InChI is InChI=1S/C13H16O4/c1-8-6-5-7-9(11(14)15)10(8)12(16)17-13(2,3)4/h5-7H,1-4H3,(H,14,15). The SMILES string of the molecule is Cc1cccc(C(=O)O)c1C(=O)OC(C)(C)C. The summed E-state index contributed by atoms with van der Waals surface area (Å²) in [5.41, 5.74) is 0.0446. The zero-order chi connectivity index (χ0) is 13.2. The zero-order valence-corrected chi connectivity index (χ0v) is 10.4. The molecule has 0 atom stereocenters. The minimum atomic E-state index is -1.13. The summed E-state index contributed by atoms with van der Waals surface area (Å²) in [6.45, 7) is 6.91. The molecule has 1 aromatic rings. The highest BCUT2D eigenvalue weighted by molar-refractivity contribution is 6.03. The molecule has 0 saturated carbocycles. The van der Waals surface area contributed by atoms with Gasteiger partial charge in [0, 0.05) is 0 Å². The van der Waals surface area contributed by atoms with E-state index in [1.165, 1.54) is 6.07 Å². The van der Waals surface area contributed by atoms with Crippen LogP contribution in [0.4, 0.5) is 0 Å². The lowest BCUT2D eigenvalue weighted by atomic mass is 10.0. The zero-order valence-electron chi connectivity index (χ0n) is 10.4. The molecule has 4 heteroatoms. The van der Waals surface area contributed by atoms with Crippen molar-refractivity contribution < 1.29 is 19.4 Å². The van der Waals surface area contributed by atoms with Crippen LogP contribution in [0.25, 0.3) is 0 Å². The van der Waals surface area contributed by atoms with Crippen molar-refractivity contribution in [3.63, 3.8) is 0 Å². The van der Waals surface area contributed by atoms with Crippen molar-refractivity contribution in [1.29, 1.82) is 0 Å². The van der Waals surface area contributed by atoms with Gasteiger partial charge in [-0.2, -0.15) is 0 Å². The van der Waals surface area contributed by atoms with E-state index >= 15 is 0 Å². The molecule has 0 unspecified atom stereocenters. The first kappa shape index (κ1) is 13.2. The molecule has 0 spiro atoms. The van der Waals surface area contributed by atoms with Crippen molar-refractivity contribution >= 4 is 11.9 Å². The number of hydrogen-bond donors (Lipinski definition) is 1. The second-order valence-electron chi connectivity index (χ2n) is 4.80. The third-order valence-corrected chi connectivity index (χ3v) is 2.11. The molecule has 0 aliphatic carbocycles. The first-order valence-corrected chi connectivity index (χ1v) is 5.28. The number of aromatic carboxylic acids is 1. The van der Waals surface area contributed by atoms with Crippen LogP contribution in [-0.4, -0.2) is 22.6 Å². The van der Waals surface area contributed by atoms with Crippen LogP contribution in [0.15, 0.2) is 18.2 Å². The van der Waals surface area contributed by atoms with Gasteiger partial charge in [-0.1, -0.05) is 12.1 Å². The number of ether oxygens (including phenoxy) is 1. The van der Waals surface area contributed by atoms with Crippen LogP contribution in [0.2, 0.25) is 0 Å². The maximum atomic E-state index is 11.9. The second-order valence-corrected chi connectivity index (χ2v) is 4.80. The maximum absolute atomic E-state index is 11.9. The van der Waals surface area contributed by atoms with Crippen LogP contribution in [0.1, 0.15) is 47.1 Å². The Bertz CT molecular complexity index is 455. The molecule has 0 aliphatic heterocycles. The van der Waals surface area contributed by atoms with Gasteiger partial charge < -0.3 is 9.84 Å². The van der Waals surface area contributed by atoms with Crippen LogP contribution in [-0.2, 0) is 4.74 Å². The summed E-state index contributed by atoms with van der Waals surface area (Å²) in [5.74, 6) is -1.73. The van der Waals surface area contributed by atoms with E-state index in [-0.39, 0.29) is 11.1 Å². The van der Waals surface area contributed by atoms with Crippen molar-refractivity contribution in [2.45, 2.75) is 33.3 Å². The summed E-state index contributed by atoms with van der Waals surface area (Å²) in [6.07, 6.45) is 0. The molecule has 92 valence electrons. The first-order chi connectivity index (χ1) is 7.72. The molecule has 0 saturated heterocycles. The van der Waals surface area contributed by atoms with Crippen molar-refractivity contribution in [1.82, 2.24) is 0 Å². The smallest absolute Gasteiger partial charge is 0.339 e. The van der Waals surface area contributed by atoms with E-state index in [1.807, 2.05) is 0 Å². The average molecular weight is 236 g/mol. The van der Waals surface area contributed by atoms with E-state index in [9.17, 15) is 9.59 Å². The molecular weight excluding hydrogens is 220 g/mol. The van der Waals surface area contributed by atoms with Gasteiger partial charge in [0.05, 0.1) is 11.1 Å². The summed E-state index contributed by atoms with van der Waals surface area (Å²) < 4.78 is 5.19. The Morgan fingerprint density at radius 3 is 2.29 bits per heavy atom. The average Bonchev–Trinajstić information content (AvgIpc) is 2.13. The number of carboxylic acids is 1. The highest BCUT2D eigenvalue weighted by atomic mass is 16.6. The molecule has 17 heavy (non-hydrogen) atoms. The Hall–Kier alpha value is -1.84. The lowest BCUT2D eigenvalue weighted by Crippen LogP contribution is -2.25. The number of hydrogen-bond acceptors (Lipinski definition) is 3. The fourth-order valence-electron chi connectivity index (χ4n) is 1.45. The third kappa shape index (κ3) is 3.31. The minimum absolute atomic E-state index is 0.0285. The summed E-state index contributed by atoms with van der Waals surface area (Å²) >= 11 is 0. The Balaban J connectivity index is 3.21. The van der Waals surface area contributed by atoms with Crippen LogP contribution in [0.3, 0.4) is 0 Å². The predicted molar refractivity (Wildman–Crippen MR) is 63.3 cm³/mol. The number of esters is 1. The topological polar surface area (TPSA) is 63.6 Å². The van der Waals surface area contributed by atoms with Gasteiger partial charge in [0.25, 0.3) is 0 Å². The van der Waals surface area contributed by atoms with Crippen LogP contribution >= 0.6 is 0 Å². The summed E-state index contributed by atoms with van der Waals surface area (Å²) in [4.78, 5) is 23.0. The predicted octanol–water partition coefficient (Wildman–Crippen LogP) is 2.65. The highest BCUT2D eigenvalue weighted by Gasteiger charge is 2.24. The number of rotatable bonds is 2. The number of benzene rings is 1. The van der Waals surface area contributed by atoms with E-state index in [0.717, 1.165) is 0 Å². The van der Waals surface area contributed by atoms with Gasteiger partial charge in [-0.3, -0.25) is 0 Å². The van der Waals surface area contributed by atoms with E-state index in [2.05, 4.69) is 0 Å². The fraction of sp³-hybridized carbons (Fsp3) is 0.385. The molecule has 0 radical (unpaired) electrons. The summed E-state index contributed by atoms with van der Waals surface area (Å²) in [7, 11) is 0. The summed E-state index contributed by atoms with van der Waals surface area (Å²) in [5, 5.41) is 9.03. The van der Waals surface area contributed by atoms with Crippen LogP contribution in [0, 0.1) is 6.92 Å². The molecule has 0 fully saturated rings. The molecule has 1 aromatic carbocycles. The summed E-state index contributed by atoms with van der Waals surface area (Å²) in [6, 6.07) is 4.69. The molecule has 0 aromatic heterocycles. The van der Waals surface area contributed by atoms with Crippen molar-refractivity contribution in [3.05, 3.63) is 34.9 Å². The Morgan fingerprint density at radius 2 is 1.82 bits per heavy atom. The van der Waals surface area contributed by atoms with Crippen LogP contribution < -0.4 is 0 Å². The van der Waals surface area contributed by atoms with Crippen molar-refractivity contribution in [2.75, 3.05) is 0 Å². The van der Waals surface area contributed by atoms with E-state index < -0.39 is 17.5 Å². The quantitative estimate of drug-likeness (QED) is 0.802. The van der Waals surface area contributed by atoms with Crippen LogP contribution in [0.5, 0.6) is 0 Å². The van der Waals surface area contributed by atoms with E-state index in [4.69, 9.17) is 9.84 Å². The Morgan fingerprint density at radius 1 is 1.24 bits per heavy atom. The molecule has 0 heterocycles. The van der Waals surface area contributed by atoms with Gasteiger partial charge in [-0.05, 0) is 39.3 Å². The molecule has 1 N–H and O–H groups in total. The number of carbonyl (C=O) groups excluding carboxylic acids is 1. The van der Waals surface area contributed by atoms with E-state index in [0.29, 0.717) is 5.56 Å². The largest absolute Gasteiger partial charge is 0.478 e. The van der Waals surface area contributed by atoms with Gasteiger partial charge in [-0.15, -0.1) is 0 Å². The molecule has 1 rings (SSSR count). The molecule has 4 nitrogen and oxygen atoms in total. The van der Waals surface area contributed by atoms with Gasteiger partial charge in [0.2, 0.25) is 0 Å². The molecule has 0 bridgehead atoms. The van der Waals surface area contributed by atoms with Gasteiger partial charge in [0.1, 0.15) is 5.60 Å². The fourth-order valence-corrected chi connectivity index (χ4v) is 1.45. The maximum Gasteiger partial charge on any atom is 0.339 e. The highest BCUT2D eigenvalue weighted by Crippen LogP contribution is 2.19. The lowest BCUT2D eigenvalue weighted by Gasteiger charge is -2.20. The second kappa shape index (κ2) is 4.57. The third-order valence-electron chi connectivity index (χ3n) is 2.11.